The third-order valence-corrected chi connectivity index (χ3v) is 9.60. The van der Waals surface area contributed by atoms with Gasteiger partial charge in [0.05, 0.1) is 12.1 Å². The molecule has 0 heterocycles. The van der Waals surface area contributed by atoms with Crippen LogP contribution in [-0.2, 0) is 14.4 Å². The van der Waals surface area contributed by atoms with Crippen molar-refractivity contribution in [3.05, 3.63) is 98.4 Å². The number of halogens is 6. The highest BCUT2D eigenvalue weighted by Gasteiger charge is 2.29. The zero-order valence-electron chi connectivity index (χ0n) is 33.3. The Morgan fingerprint density at radius 2 is 1.23 bits per heavy atom. The van der Waals surface area contributed by atoms with Crippen molar-refractivity contribution < 1.29 is 55.0 Å². The van der Waals surface area contributed by atoms with Crippen molar-refractivity contribution in [1.29, 1.82) is 0 Å². The van der Waals surface area contributed by atoms with Gasteiger partial charge in [-0.2, -0.15) is 8.78 Å². The number of aryl methyl sites for hydroxylation is 2. The molecule has 0 aromatic heterocycles. The van der Waals surface area contributed by atoms with E-state index in [0.717, 1.165) is 31.7 Å². The van der Waals surface area contributed by atoms with Crippen LogP contribution in [0.1, 0.15) is 85.7 Å². The number of Topliss-reactive ketones (excluding diaryl/α,β-unsaturated/α-hetero) is 2. The average Bonchev–Trinajstić information content (AvgIpc) is 3.78. The summed E-state index contributed by atoms with van der Waals surface area (Å²) >= 11 is 0. The number of nitrogens with one attached hydrogen (secondary N) is 2. The summed E-state index contributed by atoms with van der Waals surface area (Å²) in [5.74, 6) is -11.8. The maximum atomic E-state index is 14.1. The molecule has 4 rings (SSSR count). The fourth-order valence-corrected chi connectivity index (χ4v) is 6.24. The Morgan fingerprint density at radius 3 is 1.70 bits per heavy atom. The minimum Gasteiger partial charge on any atom is -0.480 e. The minimum absolute atomic E-state index is 0.119. The number of ether oxygens (including phenoxy) is 2. The van der Waals surface area contributed by atoms with Gasteiger partial charge in [0, 0.05) is 22.1 Å². The first-order valence-electron chi connectivity index (χ1n) is 19.4. The molecule has 3 aromatic rings. The zero-order chi connectivity index (χ0) is 44.4. The Hall–Kier alpha value is -5.65. The standard InChI is InChI=1S/C21H22F3N5O3.C20H27F3N2O3/c1-12-9-15(22)19(24)20(18(12)23)32-11-17(30)16(7-2-3-8-25)27-21(31)13-5-4-6-14(10-13)28-29-26;1-12-10-14(21)18(23)19(17(12)22)28-11-16(26)15(8-4-5-9-24)25-20(27)13-6-2-3-7-13/h4-6,9-10,16H,2-3,7-8,11,25H2,1H3,(H,27,31);10,13,15H,2-9,11,24H2,1H3,(H,25,27)/t16-;15-/m00/s1. The Kier molecular flexibility index (Phi) is 19.8. The molecule has 2 amide bonds. The molecule has 19 heteroatoms. The number of azide groups is 1. The molecular formula is C41H49F6N7O6. The van der Waals surface area contributed by atoms with Crippen molar-refractivity contribution in [1.82, 2.24) is 10.6 Å². The van der Waals surface area contributed by atoms with Crippen LogP contribution >= 0.6 is 0 Å². The Labute approximate surface area is 343 Å². The first-order chi connectivity index (χ1) is 28.6. The lowest BCUT2D eigenvalue weighted by atomic mass is 10.0. The van der Waals surface area contributed by atoms with Gasteiger partial charge in [0.2, 0.25) is 17.5 Å². The molecule has 0 radical (unpaired) electrons. The summed E-state index contributed by atoms with van der Waals surface area (Å²) in [5, 5.41) is 8.70. The summed E-state index contributed by atoms with van der Waals surface area (Å²) in [5.41, 5.74) is 19.5. The lowest BCUT2D eigenvalue weighted by molar-refractivity contribution is -0.131. The fraction of sp³-hybridized carbons (Fsp3) is 0.463. The molecule has 1 fully saturated rings. The maximum absolute atomic E-state index is 14.1. The van der Waals surface area contributed by atoms with E-state index in [2.05, 4.69) is 20.7 Å². The number of hydrogen-bond acceptors (Lipinski definition) is 9. The second-order valence-corrected chi connectivity index (χ2v) is 14.2. The lowest BCUT2D eigenvalue weighted by Gasteiger charge is -2.20. The van der Waals surface area contributed by atoms with E-state index in [0.29, 0.717) is 51.3 Å². The number of unbranched alkanes of at least 4 members (excludes halogenated alkanes) is 2. The largest absolute Gasteiger partial charge is 0.480 e. The monoisotopic (exact) mass is 849 g/mol. The molecule has 13 nitrogen and oxygen atoms in total. The summed E-state index contributed by atoms with van der Waals surface area (Å²) in [6, 6.07) is 5.33. The van der Waals surface area contributed by atoms with Crippen LogP contribution < -0.4 is 31.6 Å². The lowest BCUT2D eigenvalue weighted by Crippen LogP contribution is -2.45. The van der Waals surface area contributed by atoms with Crippen molar-refractivity contribution in [3.63, 3.8) is 0 Å². The number of amides is 2. The Morgan fingerprint density at radius 1 is 0.750 bits per heavy atom. The van der Waals surface area contributed by atoms with Crippen LogP contribution in [0.5, 0.6) is 11.5 Å². The molecule has 1 aliphatic rings. The Bertz CT molecular complexity index is 1980. The summed E-state index contributed by atoms with van der Waals surface area (Å²) < 4.78 is 92.8. The summed E-state index contributed by atoms with van der Waals surface area (Å²) in [6.45, 7) is 1.86. The van der Waals surface area contributed by atoms with Gasteiger partial charge in [-0.25, -0.2) is 17.6 Å². The number of nitrogens with zero attached hydrogens (tertiary/aromatic N) is 3. The van der Waals surface area contributed by atoms with Gasteiger partial charge in [0.15, 0.2) is 46.3 Å². The normalized spacial score (nSPS) is 13.3. The van der Waals surface area contributed by atoms with Gasteiger partial charge in [-0.15, -0.1) is 0 Å². The molecule has 3 aromatic carbocycles. The number of rotatable bonds is 21. The predicted molar refractivity (Wildman–Crippen MR) is 209 cm³/mol. The van der Waals surface area contributed by atoms with E-state index in [1.54, 1.807) is 0 Å². The SMILES string of the molecule is Cc1cc(F)c(F)c(OCC(=O)[C@H](CCCCN)NC(=O)C2CCCC2)c1F.Cc1cc(F)c(F)c(OCC(=O)[C@H](CCCCN)NC(=O)c2cccc(N=[N+]=[N-])c2)c1F. The minimum atomic E-state index is -1.54. The van der Waals surface area contributed by atoms with Crippen molar-refractivity contribution >= 4 is 29.1 Å². The van der Waals surface area contributed by atoms with E-state index in [1.165, 1.54) is 38.1 Å². The van der Waals surface area contributed by atoms with Crippen molar-refractivity contribution in [2.24, 2.45) is 22.5 Å². The summed E-state index contributed by atoms with van der Waals surface area (Å²) in [7, 11) is 0. The van der Waals surface area contributed by atoms with Crippen LogP contribution in [0.2, 0.25) is 0 Å². The average molecular weight is 850 g/mol. The van der Waals surface area contributed by atoms with Crippen molar-refractivity contribution in [2.45, 2.75) is 90.1 Å². The van der Waals surface area contributed by atoms with E-state index in [4.69, 9.17) is 26.5 Å². The molecule has 0 aliphatic heterocycles. The van der Waals surface area contributed by atoms with Gasteiger partial charge in [0.25, 0.3) is 5.91 Å². The molecule has 1 aliphatic carbocycles. The predicted octanol–water partition coefficient (Wildman–Crippen LogP) is 7.39. The number of nitrogens with two attached hydrogens (primary N) is 2. The number of hydrogen-bond donors (Lipinski definition) is 4. The summed E-state index contributed by atoms with van der Waals surface area (Å²) in [6.07, 6.45) is 6.44. The molecule has 0 unspecified atom stereocenters. The number of carbonyl (C=O) groups is 4. The third kappa shape index (κ3) is 14.3. The van der Waals surface area contributed by atoms with E-state index in [-0.39, 0.29) is 40.6 Å². The van der Waals surface area contributed by atoms with Crippen molar-refractivity contribution in [3.8, 4) is 11.5 Å². The van der Waals surface area contributed by atoms with Gasteiger partial charge in [-0.05, 0) is 119 Å². The highest BCUT2D eigenvalue weighted by Crippen LogP contribution is 2.29. The second-order valence-electron chi connectivity index (χ2n) is 14.2. The molecule has 0 saturated heterocycles. The first-order valence-corrected chi connectivity index (χ1v) is 19.4. The molecule has 2 atom stereocenters. The topological polar surface area (TPSA) is 212 Å². The molecule has 1 saturated carbocycles. The smallest absolute Gasteiger partial charge is 0.251 e. The van der Waals surface area contributed by atoms with E-state index >= 15 is 0 Å². The zero-order valence-corrected chi connectivity index (χ0v) is 33.3. The van der Waals surface area contributed by atoms with Crippen LogP contribution in [0.25, 0.3) is 10.4 Å². The molecule has 0 spiro atoms. The molecule has 6 N–H and O–H groups in total. The van der Waals surface area contributed by atoms with E-state index < -0.39 is 89.2 Å². The molecule has 0 bridgehead atoms. The second kappa shape index (κ2) is 24.4. The van der Waals surface area contributed by atoms with Crippen LogP contribution in [0.15, 0.2) is 41.5 Å². The van der Waals surface area contributed by atoms with Gasteiger partial charge in [0.1, 0.15) is 13.2 Å². The van der Waals surface area contributed by atoms with E-state index in [9.17, 15) is 45.5 Å². The number of benzene rings is 3. The van der Waals surface area contributed by atoms with Gasteiger partial charge >= 0.3 is 0 Å². The summed E-state index contributed by atoms with van der Waals surface area (Å²) in [4.78, 5) is 52.8. The first kappa shape index (κ1) is 48.7. The molecule has 60 heavy (non-hydrogen) atoms. The number of ketones is 2. The molecular weight excluding hydrogens is 800 g/mol. The van der Waals surface area contributed by atoms with Crippen LogP contribution in [-0.4, -0.2) is 61.8 Å². The van der Waals surface area contributed by atoms with Crippen LogP contribution in [0.4, 0.5) is 32.0 Å². The van der Waals surface area contributed by atoms with Gasteiger partial charge in [-0.1, -0.05) is 30.1 Å². The third-order valence-electron chi connectivity index (χ3n) is 9.60. The highest BCUT2D eigenvalue weighted by molar-refractivity contribution is 5.98. The quantitative estimate of drug-likeness (QED) is 0.0211. The highest BCUT2D eigenvalue weighted by atomic mass is 19.2. The number of carbonyl (C=O) groups excluding carboxylic acids is 4. The Balaban J connectivity index is 0.000000323. The van der Waals surface area contributed by atoms with Crippen molar-refractivity contribution in [2.75, 3.05) is 26.3 Å². The van der Waals surface area contributed by atoms with Gasteiger partial charge in [-0.3, -0.25) is 19.2 Å². The molecule has 326 valence electrons. The fourth-order valence-electron chi connectivity index (χ4n) is 6.24. The van der Waals surface area contributed by atoms with Gasteiger partial charge < -0.3 is 31.6 Å². The van der Waals surface area contributed by atoms with Crippen LogP contribution in [0, 0.1) is 54.7 Å². The van der Waals surface area contributed by atoms with E-state index in [1.807, 2.05) is 0 Å². The van der Waals surface area contributed by atoms with Crippen LogP contribution in [0.3, 0.4) is 0 Å². The maximum Gasteiger partial charge on any atom is 0.251 e.